The second kappa shape index (κ2) is 8.78. The summed E-state index contributed by atoms with van der Waals surface area (Å²) in [5.41, 5.74) is 7.44. The fourth-order valence-electron chi connectivity index (χ4n) is 1.85. The van der Waals surface area contributed by atoms with Gasteiger partial charge in [-0.05, 0) is 45.0 Å². The van der Waals surface area contributed by atoms with Gasteiger partial charge in [-0.3, -0.25) is 14.8 Å². The minimum atomic E-state index is -1.04. The van der Waals surface area contributed by atoms with Gasteiger partial charge in [0.2, 0.25) is 0 Å². The van der Waals surface area contributed by atoms with E-state index in [-0.39, 0.29) is 6.10 Å². The molecule has 0 bridgehead atoms. The molecule has 5 N–H and O–H groups in total. The molecule has 3 unspecified atom stereocenters. The van der Waals surface area contributed by atoms with Crippen LogP contribution in [0.2, 0.25) is 0 Å². The highest BCUT2D eigenvalue weighted by Crippen LogP contribution is 2.14. The Bertz CT molecular complexity index is 602. The van der Waals surface area contributed by atoms with E-state index < -0.39 is 23.9 Å². The van der Waals surface area contributed by atoms with Gasteiger partial charge in [-0.15, -0.1) is 5.92 Å². The van der Waals surface area contributed by atoms with E-state index in [2.05, 4.69) is 17.2 Å². The van der Waals surface area contributed by atoms with Gasteiger partial charge in [0, 0.05) is 11.6 Å². The molecule has 0 aromatic heterocycles. The maximum absolute atomic E-state index is 12.1. The first kappa shape index (κ1) is 18.5. The fraction of sp³-hybridized carbons (Fsp3) is 0.375. The van der Waals surface area contributed by atoms with Crippen molar-refractivity contribution in [3.05, 3.63) is 29.8 Å². The lowest BCUT2D eigenvalue weighted by molar-refractivity contribution is -0.131. The van der Waals surface area contributed by atoms with E-state index >= 15 is 0 Å². The number of nitrogens with one attached hydrogen (secondary N) is 2. The van der Waals surface area contributed by atoms with Crippen molar-refractivity contribution >= 4 is 11.8 Å². The Morgan fingerprint density at radius 2 is 1.87 bits per heavy atom. The predicted octanol–water partition coefficient (Wildman–Crippen LogP) is 0.428. The summed E-state index contributed by atoms with van der Waals surface area (Å²) < 4.78 is 5.54. The van der Waals surface area contributed by atoms with Crippen molar-refractivity contribution in [2.24, 2.45) is 5.73 Å². The van der Waals surface area contributed by atoms with Gasteiger partial charge in [-0.1, -0.05) is 5.92 Å². The Labute approximate surface area is 135 Å². The summed E-state index contributed by atoms with van der Waals surface area (Å²) in [5, 5.41) is 11.1. The molecule has 0 saturated carbocycles. The van der Waals surface area contributed by atoms with Crippen molar-refractivity contribution in [1.29, 1.82) is 0 Å². The molecule has 1 rings (SSSR count). The monoisotopic (exact) mass is 319 g/mol. The summed E-state index contributed by atoms with van der Waals surface area (Å²) >= 11 is 0. The van der Waals surface area contributed by atoms with Gasteiger partial charge in [0.1, 0.15) is 11.8 Å². The molecule has 0 aliphatic carbocycles. The Hall–Kier alpha value is -2.56. The molecule has 0 saturated heterocycles. The summed E-state index contributed by atoms with van der Waals surface area (Å²) in [6.45, 7) is 5.09. The lowest BCUT2D eigenvalue weighted by Crippen LogP contribution is -2.54. The van der Waals surface area contributed by atoms with Gasteiger partial charge >= 0.3 is 0 Å². The molecule has 0 spiro atoms. The molecule has 0 radical (unpaired) electrons. The number of ether oxygens (including phenoxy) is 1. The first-order chi connectivity index (χ1) is 10.9. The van der Waals surface area contributed by atoms with E-state index in [1.165, 1.54) is 5.48 Å². The summed E-state index contributed by atoms with van der Waals surface area (Å²) in [6, 6.07) is 4.69. The number of hydrogen-bond acceptors (Lipinski definition) is 5. The third-order valence-electron chi connectivity index (χ3n) is 2.98. The van der Waals surface area contributed by atoms with Crippen LogP contribution in [0.25, 0.3) is 0 Å². The molecule has 0 aliphatic heterocycles. The first-order valence-electron chi connectivity index (χ1n) is 7.08. The first-order valence-corrected chi connectivity index (χ1v) is 7.08. The molecule has 7 nitrogen and oxygen atoms in total. The van der Waals surface area contributed by atoms with Crippen LogP contribution in [0.1, 0.15) is 31.1 Å². The Balaban J connectivity index is 2.76. The van der Waals surface area contributed by atoms with Crippen LogP contribution in [0, 0.1) is 11.8 Å². The number of carbonyl (C=O) groups is 2. The number of rotatable bonds is 6. The Morgan fingerprint density at radius 1 is 1.26 bits per heavy atom. The zero-order valence-electron chi connectivity index (χ0n) is 13.3. The summed E-state index contributed by atoms with van der Waals surface area (Å²) in [7, 11) is 0. The lowest BCUT2D eigenvalue weighted by atomic mass is 10.1. The highest BCUT2D eigenvalue weighted by molar-refractivity contribution is 5.97. The Morgan fingerprint density at radius 3 is 2.35 bits per heavy atom. The van der Waals surface area contributed by atoms with Crippen LogP contribution < -0.4 is 21.3 Å². The van der Waals surface area contributed by atoms with Crippen molar-refractivity contribution in [1.82, 2.24) is 10.8 Å². The molecule has 1 aromatic rings. The smallest absolute Gasteiger partial charge is 0.267 e. The van der Waals surface area contributed by atoms with Gasteiger partial charge in [0.05, 0.1) is 0 Å². The van der Waals surface area contributed by atoms with Crippen LogP contribution >= 0.6 is 0 Å². The van der Waals surface area contributed by atoms with Crippen LogP contribution in [0.15, 0.2) is 24.3 Å². The van der Waals surface area contributed by atoms with E-state index in [1.807, 2.05) is 6.92 Å². The zero-order valence-corrected chi connectivity index (χ0v) is 13.3. The van der Waals surface area contributed by atoms with Gasteiger partial charge in [0.15, 0.2) is 6.10 Å². The molecule has 0 heterocycles. The summed E-state index contributed by atoms with van der Waals surface area (Å²) in [6.07, 6.45) is -0.254. The molecule has 7 heteroatoms. The number of hydroxylamine groups is 1. The van der Waals surface area contributed by atoms with Crippen LogP contribution in [0.3, 0.4) is 0 Å². The molecule has 124 valence electrons. The topological polar surface area (TPSA) is 114 Å². The van der Waals surface area contributed by atoms with Crippen molar-refractivity contribution in [2.75, 3.05) is 0 Å². The highest BCUT2D eigenvalue weighted by atomic mass is 16.5. The van der Waals surface area contributed by atoms with Crippen LogP contribution in [0.5, 0.6) is 5.75 Å². The quantitative estimate of drug-likeness (QED) is 0.345. The maximum Gasteiger partial charge on any atom is 0.267 e. The number of hydrogen-bond donors (Lipinski definition) is 4. The van der Waals surface area contributed by atoms with Crippen LogP contribution in [0.4, 0.5) is 0 Å². The average Bonchev–Trinajstić information content (AvgIpc) is 2.52. The number of benzene rings is 1. The third-order valence-corrected chi connectivity index (χ3v) is 2.98. The second-order valence-electron chi connectivity index (χ2n) is 4.97. The fourth-order valence-corrected chi connectivity index (χ4v) is 1.85. The van der Waals surface area contributed by atoms with E-state index in [1.54, 1.807) is 38.1 Å². The Kier molecular flexibility index (Phi) is 7.06. The molecular weight excluding hydrogens is 298 g/mol. The summed E-state index contributed by atoms with van der Waals surface area (Å²) in [4.78, 5) is 23.6. The van der Waals surface area contributed by atoms with Crippen molar-refractivity contribution in [3.63, 3.8) is 0 Å². The lowest BCUT2D eigenvalue weighted by Gasteiger charge is -2.20. The number of amides is 2. The van der Waals surface area contributed by atoms with Crippen molar-refractivity contribution in [2.45, 2.75) is 39.0 Å². The van der Waals surface area contributed by atoms with Crippen molar-refractivity contribution < 1.29 is 19.5 Å². The van der Waals surface area contributed by atoms with Gasteiger partial charge < -0.3 is 15.8 Å². The summed E-state index contributed by atoms with van der Waals surface area (Å²) in [5.74, 6) is 4.93. The van der Waals surface area contributed by atoms with E-state index in [0.717, 1.165) is 0 Å². The third kappa shape index (κ3) is 5.62. The maximum atomic E-state index is 12.1. The SMILES string of the molecule is CC#CC(C)Oc1ccc(C(=O)NC(C(=O)NO)C(C)N)cc1. The molecule has 3 atom stereocenters. The second-order valence-corrected chi connectivity index (χ2v) is 4.97. The predicted molar refractivity (Wildman–Crippen MR) is 84.8 cm³/mol. The minimum Gasteiger partial charge on any atom is -0.478 e. The standard InChI is InChI=1S/C16H21N3O4/c1-4-5-10(2)23-13-8-6-12(7-9-13)15(20)18-14(11(3)17)16(21)19-22/h6-11,14,22H,17H2,1-3H3,(H,18,20)(H,19,21). The average molecular weight is 319 g/mol. The van der Waals surface area contributed by atoms with E-state index in [4.69, 9.17) is 15.7 Å². The van der Waals surface area contributed by atoms with Crippen LogP contribution in [-0.4, -0.2) is 35.2 Å². The molecular formula is C16H21N3O4. The molecule has 0 fully saturated rings. The number of carbonyl (C=O) groups excluding carboxylic acids is 2. The minimum absolute atomic E-state index is 0.254. The van der Waals surface area contributed by atoms with Crippen LogP contribution in [-0.2, 0) is 4.79 Å². The van der Waals surface area contributed by atoms with Gasteiger partial charge in [-0.25, -0.2) is 5.48 Å². The van der Waals surface area contributed by atoms with E-state index in [9.17, 15) is 9.59 Å². The molecule has 23 heavy (non-hydrogen) atoms. The van der Waals surface area contributed by atoms with Gasteiger partial charge in [0.25, 0.3) is 11.8 Å². The molecule has 2 amide bonds. The van der Waals surface area contributed by atoms with Crippen molar-refractivity contribution in [3.8, 4) is 17.6 Å². The molecule has 0 aliphatic rings. The largest absolute Gasteiger partial charge is 0.478 e. The zero-order chi connectivity index (χ0) is 17.4. The van der Waals surface area contributed by atoms with E-state index in [0.29, 0.717) is 11.3 Å². The molecule has 1 aromatic carbocycles. The normalized spacial score (nSPS) is 13.8. The highest BCUT2D eigenvalue weighted by Gasteiger charge is 2.24. The van der Waals surface area contributed by atoms with Gasteiger partial charge in [-0.2, -0.15) is 0 Å². The number of nitrogens with two attached hydrogens (primary N) is 1.